The lowest BCUT2D eigenvalue weighted by Crippen LogP contribution is -2.10. The number of thioether (sulfide) groups is 1. The molecule has 0 bridgehead atoms. The fourth-order valence-electron chi connectivity index (χ4n) is 2.50. The number of benzene rings is 1. The lowest BCUT2D eigenvalue weighted by molar-refractivity contribution is 0.414. The highest BCUT2D eigenvalue weighted by atomic mass is 32.2. The van der Waals surface area contributed by atoms with Gasteiger partial charge >= 0.3 is 0 Å². The Balaban J connectivity index is 1.60. The average Bonchev–Trinajstić information content (AvgIpc) is 3.29. The van der Waals surface area contributed by atoms with Gasteiger partial charge in [0.05, 0.1) is 24.5 Å². The van der Waals surface area contributed by atoms with Crippen LogP contribution >= 0.6 is 23.1 Å². The first-order valence-electron chi connectivity index (χ1n) is 7.56. The van der Waals surface area contributed by atoms with Gasteiger partial charge in [0.2, 0.25) is 0 Å². The van der Waals surface area contributed by atoms with Gasteiger partial charge in [0.15, 0.2) is 0 Å². The number of hydrogen-bond acceptors (Lipinski definition) is 6. The van der Waals surface area contributed by atoms with Crippen molar-refractivity contribution >= 4 is 33.3 Å². The maximum absolute atomic E-state index is 12.5. The summed E-state index contributed by atoms with van der Waals surface area (Å²) < 4.78 is 10.6. The maximum Gasteiger partial charge on any atom is 0.260 e. The average molecular weight is 370 g/mol. The van der Waals surface area contributed by atoms with Crippen LogP contribution in [0.15, 0.2) is 62.1 Å². The second-order valence-electron chi connectivity index (χ2n) is 5.28. The molecule has 3 aromatic heterocycles. The van der Waals surface area contributed by atoms with Gasteiger partial charge in [-0.25, -0.2) is 4.98 Å². The van der Waals surface area contributed by atoms with E-state index in [0.717, 1.165) is 21.0 Å². The molecular formula is C18H14N2O3S2. The number of aromatic amines is 1. The van der Waals surface area contributed by atoms with E-state index >= 15 is 0 Å². The number of rotatable bonds is 5. The summed E-state index contributed by atoms with van der Waals surface area (Å²) in [5, 5.41) is 2.49. The first-order chi connectivity index (χ1) is 12.2. The number of nitrogens with one attached hydrogen (secondary N) is 1. The first kappa shape index (κ1) is 16.0. The summed E-state index contributed by atoms with van der Waals surface area (Å²) in [6, 6.07) is 11.4. The Morgan fingerprint density at radius 1 is 1.28 bits per heavy atom. The van der Waals surface area contributed by atoms with Crippen molar-refractivity contribution in [2.24, 2.45) is 0 Å². The Morgan fingerprint density at radius 3 is 2.84 bits per heavy atom. The summed E-state index contributed by atoms with van der Waals surface area (Å²) in [4.78, 5) is 21.8. The molecule has 0 amide bonds. The Hall–Kier alpha value is -2.51. The van der Waals surface area contributed by atoms with E-state index in [9.17, 15) is 4.79 Å². The molecule has 0 aliphatic rings. The molecule has 0 saturated carbocycles. The molecule has 0 radical (unpaired) electrons. The van der Waals surface area contributed by atoms with E-state index in [4.69, 9.17) is 9.15 Å². The van der Waals surface area contributed by atoms with Crippen LogP contribution in [0, 0.1) is 0 Å². The van der Waals surface area contributed by atoms with Crippen molar-refractivity contribution < 1.29 is 9.15 Å². The smallest absolute Gasteiger partial charge is 0.260 e. The first-order valence-corrected chi connectivity index (χ1v) is 9.42. The Bertz CT molecular complexity index is 1050. The van der Waals surface area contributed by atoms with Crippen LogP contribution in [0.2, 0.25) is 0 Å². The minimum atomic E-state index is -0.136. The molecule has 0 spiro atoms. The zero-order valence-corrected chi connectivity index (χ0v) is 14.9. The minimum Gasteiger partial charge on any atom is -0.497 e. The van der Waals surface area contributed by atoms with Crippen LogP contribution in [0.25, 0.3) is 21.5 Å². The summed E-state index contributed by atoms with van der Waals surface area (Å²) in [5.41, 5.74) is 0.649. The molecule has 1 N–H and O–H groups in total. The van der Waals surface area contributed by atoms with Gasteiger partial charge in [-0.1, -0.05) is 0 Å². The highest BCUT2D eigenvalue weighted by Crippen LogP contribution is 2.31. The van der Waals surface area contributed by atoms with Gasteiger partial charge in [0.25, 0.3) is 5.56 Å². The van der Waals surface area contributed by atoms with Crippen LogP contribution in [-0.4, -0.2) is 17.1 Å². The minimum absolute atomic E-state index is 0.136. The van der Waals surface area contributed by atoms with Crippen molar-refractivity contribution in [2.75, 3.05) is 7.11 Å². The summed E-state index contributed by atoms with van der Waals surface area (Å²) in [5.74, 6) is 2.75. The van der Waals surface area contributed by atoms with Crippen LogP contribution < -0.4 is 10.3 Å². The third-order valence-corrected chi connectivity index (χ3v) is 5.61. The molecule has 7 heteroatoms. The van der Waals surface area contributed by atoms with Crippen molar-refractivity contribution in [2.45, 2.75) is 10.6 Å². The van der Waals surface area contributed by atoms with Gasteiger partial charge in [-0.3, -0.25) is 4.79 Å². The normalized spacial score (nSPS) is 11.1. The van der Waals surface area contributed by atoms with Gasteiger partial charge < -0.3 is 14.1 Å². The zero-order valence-electron chi connectivity index (χ0n) is 13.3. The van der Waals surface area contributed by atoms with Crippen LogP contribution in [0.3, 0.4) is 0 Å². The molecule has 3 heterocycles. The third-order valence-electron chi connectivity index (χ3n) is 3.71. The Kier molecular flexibility index (Phi) is 4.33. The van der Waals surface area contributed by atoms with Crippen LogP contribution in [0.4, 0.5) is 0 Å². The molecule has 0 unspecified atom stereocenters. The summed E-state index contributed by atoms with van der Waals surface area (Å²) >= 11 is 3.06. The van der Waals surface area contributed by atoms with E-state index in [1.54, 1.807) is 31.2 Å². The van der Waals surface area contributed by atoms with Crippen molar-refractivity contribution in [1.29, 1.82) is 0 Å². The number of H-pyrrole nitrogens is 1. The number of nitrogens with zero attached hydrogens (tertiary/aromatic N) is 1. The molecule has 0 fully saturated rings. The monoisotopic (exact) mass is 370 g/mol. The second-order valence-corrected chi connectivity index (χ2v) is 7.19. The number of furan rings is 1. The van der Waals surface area contributed by atoms with Crippen molar-refractivity contribution in [3.8, 4) is 17.1 Å². The summed E-state index contributed by atoms with van der Waals surface area (Å²) in [6.45, 7) is 0. The Morgan fingerprint density at radius 2 is 2.12 bits per heavy atom. The molecule has 0 aliphatic carbocycles. The molecule has 0 atom stereocenters. The number of ether oxygens (including phenoxy) is 1. The van der Waals surface area contributed by atoms with Crippen LogP contribution in [0.1, 0.15) is 5.82 Å². The summed E-state index contributed by atoms with van der Waals surface area (Å²) in [6.07, 6.45) is 1.60. The number of methoxy groups -OCH3 is 1. The van der Waals surface area contributed by atoms with E-state index in [-0.39, 0.29) is 5.56 Å². The molecule has 4 rings (SSSR count). The van der Waals surface area contributed by atoms with E-state index in [1.165, 1.54) is 11.3 Å². The fourth-order valence-corrected chi connectivity index (χ4v) is 4.21. The predicted octanol–water partition coefficient (Wildman–Crippen LogP) is 4.55. The van der Waals surface area contributed by atoms with Crippen LogP contribution in [0.5, 0.6) is 5.75 Å². The van der Waals surface area contributed by atoms with Crippen LogP contribution in [-0.2, 0) is 5.75 Å². The van der Waals surface area contributed by atoms with Crippen molar-refractivity contribution in [1.82, 2.24) is 9.97 Å². The van der Waals surface area contributed by atoms with Crippen molar-refractivity contribution in [3.63, 3.8) is 0 Å². The highest BCUT2D eigenvalue weighted by Gasteiger charge is 2.14. The van der Waals surface area contributed by atoms with Gasteiger partial charge in [0, 0.05) is 15.8 Å². The largest absolute Gasteiger partial charge is 0.497 e. The third kappa shape index (κ3) is 3.20. The van der Waals surface area contributed by atoms with E-state index in [1.807, 2.05) is 35.7 Å². The maximum atomic E-state index is 12.5. The van der Waals surface area contributed by atoms with Gasteiger partial charge in [-0.2, -0.15) is 0 Å². The number of thiophene rings is 1. The lowest BCUT2D eigenvalue weighted by atomic mass is 10.2. The topological polar surface area (TPSA) is 68.1 Å². The van der Waals surface area contributed by atoms with E-state index in [0.29, 0.717) is 22.7 Å². The molecular weight excluding hydrogens is 356 g/mol. The Labute approximate surface area is 151 Å². The second kappa shape index (κ2) is 6.78. The van der Waals surface area contributed by atoms with Gasteiger partial charge in [0.1, 0.15) is 22.2 Å². The van der Waals surface area contributed by atoms with Gasteiger partial charge in [-0.05, 0) is 36.4 Å². The van der Waals surface area contributed by atoms with E-state index < -0.39 is 0 Å². The molecule has 0 aliphatic heterocycles. The van der Waals surface area contributed by atoms with Crippen molar-refractivity contribution in [3.05, 3.63) is 64.2 Å². The SMILES string of the molecule is COc1ccc(SCc2nc3scc(-c4ccco4)c3c(=O)[nH]2)cc1. The molecule has 5 nitrogen and oxygen atoms in total. The molecule has 4 aromatic rings. The molecule has 0 saturated heterocycles. The lowest BCUT2D eigenvalue weighted by Gasteiger charge is -2.04. The van der Waals surface area contributed by atoms with Gasteiger partial charge in [-0.15, -0.1) is 23.1 Å². The number of fused-ring (bicyclic) bond motifs is 1. The fraction of sp³-hybridized carbons (Fsp3) is 0.111. The predicted molar refractivity (Wildman–Crippen MR) is 100 cm³/mol. The quantitative estimate of drug-likeness (QED) is 0.522. The number of hydrogen-bond donors (Lipinski definition) is 1. The summed E-state index contributed by atoms with van der Waals surface area (Å²) in [7, 11) is 1.64. The molecule has 25 heavy (non-hydrogen) atoms. The molecule has 1 aromatic carbocycles. The number of aromatic nitrogens is 2. The highest BCUT2D eigenvalue weighted by molar-refractivity contribution is 7.98. The standard InChI is InChI=1S/C18H14N2O3S2/c1-22-11-4-6-12(7-5-11)24-10-15-19-17(21)16-13(9-25-18(16)20-15)14-3-2-8-23-14/h2-9H,10H2,1H3,(H,19,20,21). The molecule has 126 valence electrons. The van der Waals surface area contributed by atoms with E-state index in [2.05, 4.69) is 9.97 Å². The zero-order chi connectivity index (χ0) is 17.2.